The average molecular weight is 338 g/mol. The van der Waals surface area contributed by atoms with Gasteiger partial charge in [0.2, 0.25) is 0 Å². The summed E-state index contributed by atoms with van der Waals surface area (Å²) in [4.78, 5) is 0.192. The first-order valence-electron chi connectivity index (χ1n) is 7.07. The fraction of sp³-hybridized carbons (Fsp3) is 0.250. The van der Waals surface area contributed by atoms with E-state index in [-0.39, 0.29) is 4.90 Å². The van der Waals surface area contributed by atoms with Crippen LogP contribution in [0, 0.1) is 0 Å². The van der Waals surface area contributed by atoms with E-state index >= 15 is 0 Å². The minimum absolute atomic E-state index is 0.192. The number of fused-ring (bicyclic) bond motifs is 1. The van der Waals surface area contributed by atoms with Crippen LogP contribution in [0.25, 0.3) is 0 Å². The lowest BCUT2D eigenvalue weighted by Crippen LogP contribution is -2.29. The number of rotatable bonds is 4. The Morgan fingerprint density at radius 1 is 1.23 bits per heavy atom. The molecule has 0 N–H and O–H groups in total. The van der Waals surface area contributed by atoms with E-state index in [1.54, 1.807) is 6.07 Å². The molecule has 0 spiro atoms. The molecule has 0 radical (unpaired) electrons. The largest absolute Gasteiger partial charge is 0.492 e. The second-order valence-corrected chi connectivity index (χ2v) is 7.25. The first-order valence-corrected chi connectivity index (χ1v) is 8.89. The smallest absolute Gasteiger partial charge is 0.264 e. The molecule has 22 heavy (non-hydrogen) atoms. The van der Waals surface area contributed by atoms with Gasteiger partial charge < -0.3 is 4.74 Å². The highest BCUT2D eigenvalue weighted by Crippen LogP contribution is 2.35. The molecule has 0 atom stereocenters. The highest BCUT2D eigenvalue weighted by Gasteiger charge is 2.31. The number of ether oxygens (including phenoxy) is 1. The Balaban J connectivity index is 2.03. The molecule has 6 heteroatoms. The molecular weight excluding hydrogens is 322 g/mol. The molecule has 0 amide bonds. The maximum atomic E-state index is 12.9. The molecule has 0 unspecified atom stereocenters. The van der Waals surface area contributed by atoms with E-state index < -0.39 is 10.0 Å². The average Bonchev–Trinajstić information content (AvgIpc) is 2.94. The summed E-state index contributed by atoms with van der Waals surface area (Å²) in [5.41, 5.74) is 1.79. The van der Waals surface area contributed by atoms with Gasteiger partial charge in [0.1, 0.15) is 5.75 Å². The van der Waals surface area contributed by atoms with E-state index in [1.807, 2.05) is 31.2 Å². The van der Waals surface area contributed by atoms with E-state index in [0.29, 0.717) is 23.9 Å². The van der Waals surface area contributed by atoms with Crippen molar-refractivity contribution in [1.29, 1.82) is 0 Å². The van der Waals surface area contributed by atoms with Gasteiger partial charge in [-0.3, -0.25) is 4.31 Å². The van der Waals surface area contributed by atoms with Gasteiger partial charge >= 0.3 is 0 Å². The Morgan fingerprint density at radius 2 is 2.00 bits per heavy atom. The molecular formula is C16H16ClNO3S. The number of benzene rings is 2. The molecule has 0 aliphatic carbocycles. The van der Waals surface area contributed by atoms with Crippen LogP contribution in [0.3, 0.4) is 0 Å². The van der Waals surface area contributed by atoms with Crippen LogP contribution in [-0.2, 0) is 16.4 Å². The summed E-state index contributed by atoms with van der Waals surface area (Å²) in [7, 11) is -3.61. The van der Waals surface area contributed by atoms with Crippen molar-refractivity contribution in [2.75, 3.05) is 17.5 Å². The van der Waals surface area contributed by atoms with Crippen molar-refractivity contribution in [3.05, 3.63) is 53.1 Å². The van der Waals surface area contributed by atoms with Gasteiger partial charge in [-0.2, -0.15) is 0 Å². The number of para-hydroxylation sites is 1. The van der Waals surface area contributed by atoms with Gasteiger partial charge in [0.05, 0.1) is 22.2 Å². The Hall–Kier alpha value is -1.72. The minimum Gasteiger partial charge on any atom is -0.492 e. The van der Waals surface area contributed by atoms with Crippen molar-refractivity contribution in [2.24, 2.45) is 0 Å². The van der Waals surface area contributed by atoms with Crippen LogP contribution in [0.5, 0.6) is 5.75 Å². The molecule has 116 valence electrons. The van der Waals surface area contributed by atoms with Crippen molar-refractivity contribution >= 4 is 27.3 Å². The van der Waals surface area contributed by atoms with E-state index in [0.717, 1.165) is 17.7 Å². The summed E-state index contributed by atoms with van der Waals surface area (Å²) in [6.45, 7) is 2.71. The maximum Gasteiger partial charge on any atom is 0.264 e. The second-order valence-electron chi connectivity index (χ2n) is 4.98. The first kappa shape index (κ1) is 15.2. The Labute approximate surface area is 135 Å². The van der Waals surface area contributed by atoms with Gasteiger partial charge in [-0.05, 0) is 37.1 Å². The lowest BCUT2D eigenvalue weighted by molar-refractivity contribution is 0.339. The highest BCUT2D eigenvalue weighted by molar-refractivity contribution is 7.92. The third-order valence-corrected chi connectivity index (χ3v) is 5.76. The fourth-order valence-electron chi connectivity index (χ4n) is 2.60. The van der Waals surface area contributed by atoms with Crippen molar-refractivity contribution in [3.63, 3.8) is 0 Å². The number of halogens is 1. The Bertz CT molecular complexity index is 805. The van der Waals surface area contributed by atoms with E-state index in [4.69, 9.17) is 16.3 Å². The third kappa shape index (κ3) is 2.55. The van der Waals surface area contributed by atoms with Crippen molar-refractivity contribution in [1.82, 2.24) is 0 Å². The predicted molar refractivity (Wildman–Crippen MR) is 87.3 cm³/mol. The number of nitrogens with zero attached hydrogens (tertiary/aromatic N) is 1. The molecule has 4 nitrogen and oxygen atoms in total. The van der Waals surface area contributed by atoms with Gasteiger partial charge in [-0.25, -0.2) is 8.42 Å². The Morgan fingerprint density at radius 3 is 2.77 bits per heavy atom. The number of hydrogen-bond donors (Lipinski definition) is 0. The lowest BCUT2D eigenvalue weighted by Gasteiger charge is -2.20. The van der Waals surface area contributed by atoms with Crippen LogP contribution in [0.4, 0.5) is 5.69 Å². The van der Waals surface area contributed by atoms with Crippen molar-refractivity contribution < 1.29 is 13.2 Å². The lowest BCUT2D eigenvalue weighted by atomic mass is 10.2. The van der Waals surface area contributed by atoms with Crippen LogP contribution in [-0.4, -0.2) is 21.6 Å². The monoisotopic (exact) mass is 337 g/mol. The molecule has 0 bridgehead atoms. The summed E-state index contributed by atoms with van der Waals surface area (Å²) < 4.78 is 32.6. The molecule has 3 rings (SSSR count). The summed E-state index contributed by atoms with van der Waals surface area (Å²) in [5.74, 6) is 0.387. The van der Waals surface area contributed by atoms with E-state index in [1.165, 1.54) is 16.4 Å². The van der Waals surface area contributed by atoms with Gasteiger partial charge in [-0.1, -0.05) is 29.8 Å². The molecule has 0 saturated heterocycles. The van der Waals surface area contributed by atoms with Crippen LogP contribution in [0.15, 0.2) is 47.4 Å². The number of sulfonamides is 1. The highest BCUT2D eigenvalue weighted by atomic mass is 35.5. The third-order valence-electron chi connectivity index (χ3n) is 3.64. The van der Waals surface area contributed by atoms with Gasteiger partial charge in [0, 0.05) is 12.6 Å². The maximum absolute atomic E-state index is 12.9. The van der Waals surface area contributed by atoms with Crippen LogP contribution < -0.4 is 9.04 Å². The van der Waals surface area contributed by atoms with E-state index in [9.17, 15) is 8.42 Å². The number of hydrogen-bond acceptors (Lipinski definition) is 3. The van der Waals surface area contributed by atoms with E-state index in [2.05, 4.69) is 0 Å². The van der Waals surface area contributed by atoms with Crippen molar-refractivity contribution in [2.45, 2.75) is 18.2 Å². The molecule has 0 fully saturated rings. The quantitative estimate of drug-likeness (QED) is 0.858. The molecule has 0 aromatic heterocycles. The molecule has 2 aromatic rings. The first-order chi connectivity index (χ1) is 10.5. The summed E-state index contributed by atoms with van der Waals surface area (Å²) in [6.07, 6.45) is 0.724. The fourth-order valence-corrected chi connectivity index (χ4v) is 4.29. The van der Waals surface area contributed by atoms with Crippen LogP contribution >= 0.6 is 11.6 Å². The molecule has 1 aliphatic heterocycles. The zero-order chi connectivity index (χ0) is 15.7. The van der Waals surface area contributed by atoms with Crippen LogP contribution in [0.1, 0.15) is 12.5 Å². The molecule has 0 saturated carbocycles. The molecule has 2 aromatic carbocycles. The van der Waals surface area contributed by atoms with Crippen LogP contribution in [0.2, 0.25) is 5.02 Å². The topological polar surface area (TPSA) is 46.6 Å². The van der Waals surface area contributed by atoms with Gasteiger partial charge in [0.15, 0.2) is 0 Å². The van der Waals surface area contributed by atoms with Crippen molar-refractivity contribution in [3.8, 4) is 5.75 Å². The second kappa shape index (κ2) is 5.82. The zero-order valence-corrected chi connectivity index (χ0v) is 13.7. The summed E-state index contributed by atoms with van der Waals surface area (Å²) >= 11 is 6.03. The number of anilines is 1. The van der Waals surface area contributed by atoms with Gasteiger partial charge in [0.25, 0.3) is 10.0 Å². The minimum atomic E-state index is -3.61. The normalized spacial score (nSPS) is 14.0. The SMILES string of the molecule is CCOc1cc(S(=O)(=O)N2CCc3ccccc32)ccc1Cl. The molecule has 1 heterocycles. The summed E-state index contributed by atoms with van der Waals surface area (Å²) in [5, 5.41) is 0.405. The van der Waals surface area contributed by atoms with Gasteiger partial charge in [-0.15, -0.1) is 0 Å². The standard InChI is InChI=1S/C16H16ClNO3S/c1-2-21-16-11-13(7-8-14(16)17)22(19,20)18-10-9-12-5-3-4-6-15(12)18/h3-8,11H,2,9-10H2,1H3. The summed E-state index contributed by atoms with van der Waals surface area (Å²) in [6, 6.07) is 12.1. The molecule has 1 aliphatic rings. The Kier molecular flexibility index (Phi) is 4.02. The zero-order valence-electron chi connectivity index (χ0n) is 12.1. The predicted octanol–water partition coefficient (Wildman–Crippen LogP) is 3.49.